The van der Waals surface area contributed by atoms with Gasteiger partial charge in [0.05, 0.1) is 32.5 Å². The summed E-state index contributed by atoms with van der Waals surface area (Å²) in [6.45, 7) is -2.33. The number of nitrogens with one attached hydrogen (secondary N) is 5. The second-order valence-corrected chi connectivity index (χ2v) is 10.7. The standard InChI is InChI=1S/C26H44N8O13/c1-12(40)20(25(46)32-16(10-38)22(43)29-13(7-35)8-36)33-23(44)17(11-39)31-24(45)18-3-2-6-34(18)26(47)15(4-5-19(28)41)30-21(42)14(27)9-37/h7,12-18,20,36-40H,2-6,8-11,27H2,1H3,(H2,28,41)(H,29,43)(H,30,42)(H,31,45)(H,32,46)(H,33,44)/t12-,13-,14+,15+,16+,17+,18+,20+/m1/s1. The lowest BCUT2D eigenvalue weighted by Crippen LogP contribution is -2.62. The monoisotopic (exact) mass is 676 g/mol. The van der Waals surface area contributed by atoms with Gasteiger partial charge in [-0.05, 0) is 26.2 Å². The molecule has 7 amide bonds. The third kappa shape index (κ3) is 12.4. The smallest absolute Gasteiger partial charge is 0.245 e. The molecule has 1 heterocycles. The van der Waals surface area contributed by atoms with Gasteiger partial charge in [0.15, 0.2) is 0 Å². The van der Waals surface area contributed by atoms with Crippen molar-refractivity contribution in [2.45, 2.75) is 81.0 Å². The molecule has 0 unspecified atom stereocenters. The molecule has 266 valence electrons. The number of hydrogen-bond acceptors (Lipinski definition) is 14. The summed E-state index contributed by atoms with van der Waals surface area (Å²) in [6, 6.07) is -10.4. The molecule has 0 aromatic carbocycles. The molecule has 0 aliphatic carbocycles. The first-order valence-electron chi connectivity index (χ1n) is 14.6. The van der Waals surface area contributed by atoms with Crippen LogP contribution >= 0.6 is 0 Å². The van der Waals surface area contributed by atoms with Gasteiger partial charge in [-0.15, -0.1) is 0 Å². The topological polar surface area (TPSA) is 353 Å². The van der Waals surface area contributed by atoms with Gasteiger partial charge >= 0.3 is 0 Å². The van der Waals surface area contributed by atoms with Crippen LogP contribution in [0.2, 0.25) is 0 Å². The Hall–Kier alpha value is -4.28. The van der Waals surface area contributed by atoms with Crippen LogP contribution in [0.5, 0.6) is 0 Å². The minimum absolute atomic E-state index is 0.0394. The fourth-order valence-electron chi connectivity index (χ4n) is 4.39. The average molecular weight is 677 g/mol. The van der Waals surface area contributed by atoms with Crippen LogP contribution in [0, 0.1) is 0 Å². The van der Waals surface area contributed by atoms with Gasteiger partial charge in [0.25, 0.3) is 0 Å². The van der Waals surface area contributed by atoms with Gasteiger partial charge in [-0.1, -0.05) is 0 Å². The number of carbonyl (C=O) groups excluding carboxylic acids is 8. The number of rotatable bonds is 20. The van der Waals surface area contributed by atoms with Crippen molar-refractivity contribution in [3.8, 4) is 0 Å². The van der Waals surface area contributed by atoms with Crippen LogP contribution in [0.1, 0.15) is 32.6 Å². The van der Waals surface area contributed by atoms with Crippen molar-refractivity contribution in [3.63, 3.8) is 0 Å². The SMILES string of the molecule is C[C@@H](O)[C@H](NC(=O)[C@H](CO)NC(=O)[C@@H]1CCCN1C(=O)[C@H](CCC(N)=O)NC(=O)[C@@H](N)CO)C(=O)N[C@@H](CO)C(=O)N[C@H](C=O)CO. The lowest BCUT2D eigenvalue weighted by molar-refractivity contribution is -0.143. The molecule has 0 aromatic heterocycles. The van der Waals surface area contributed by atoms with Crippen LogP contribution in [0.25, 0.3) is 0 Å². The predicted molar refractivity (Wildman–Crippen MR) is 157 cm³/mol. The van der Waals surface area contributed by atoms with E-state index in [1.807, 2.05) is 0 Å². The van der Waals surface area contributed by atoms with Gasteiger partial charge < -0.3 is 73.3 Å². The molecule has 0 saturated carbocycles. The number of nitrogens with zero attached hydrogens (tertiary/aromatic N) is 1. The first kappa shape index (κ1) is 40.7. The third-order valence-electron chi connectivity index (χ3n) is 7.05. The fourth-order valence-corrected chi connectivity index (χ4v) is 4.39. The Bertz CT molecular complexity index is 1140. The van der Waals surface area contributed by atoms with Gasteiger partial charge in [-0.2, -0.15) is 0 Å². The van der Waals surface area contributed by atoms with E-state index < -0.39 is 116 Å². The highest BCUT2D eigenvalue weighted by molar-refractivity contribution is 5.97. The van der Waals surface area contributed by atoms with Crippen molar-refractivity contribution < 1.29 is 63.9 Å². The number of aliphatic hydroxyl groups excluding tert-OH is 5. The number of aldehydes is 1. The largest absolute Gasteiger partial charge is 0.394 e. The molecule has 0 bridgehead atoms. The second kappa shape index (κ2) is 20.1. The number of carbonyl (C=O) groups is 8. The zero-order chi connectivity index (χ0) is 35.8. The molecular formula is C26H44N8O13. The first-order chi connectivity index (χ1) is 22.1. The molecule has 1 rings (SSSR count). The van der Waals surface area contributed by atoms with Crippen LogP contribution < -0.4 is 38.1 Å². The van der Waals surface area contributed by atoms with E-state index in [4.69, 9.17) is 21.7 Å². The summed E-state index contributed by atoms with van der Waals surface area (Å²) in [5.41, 5.74) is 10.7. The summed E-state index contributed by atoms with van der Waals surface area (Å²) < 4.78 is 0. The van der Waals surface area contributed by atoms with Crippen LogP contribution in [0.15, 0.2) is 0 Å². The molecule has 1 aliphatic rings. The molecule has 1 aliphatic heterocycles. The number of amides is 7. The van der Waals surface area contributed by atoms with E-state index in [0.717, 1.165) is 11.8 Å². The Balaban J connectivity index is 3.02. The molecule has 8 atom stereocenters. The van der Waals surface area contributed by atoms with Crippen LogP contribution in [0.3, 0.4) is 0 Å². The predicted octanol–water partition coefficient (Wildman–Crippen LogP) is -8.46. The number of likely N-dealkylation sites (tertiary alicyclic amines) is 1. The molecule has 21 nitrogen and oxygen atoms in total. The van der Waals surface area contributed by atoms with Gasteiger partial charge in [0.2, 0.25) is 41.4 Å². The third-order valence-corrected chi connectivity index (χ3v) is 7.05. The molecule has 14 N–H and O–H groups in total. The van der Waals surface area contributed by atoms with Gasteiger partial charge in [-0.3, -0.25) is 33.6 Å². The Morgan fingerprint density at radius 2 is 1.38 bits per heavy atom. The van der Waals surface area contributed by atoms with E-state index in [0.29, 0.717) is 6.42 Å². The van der Waals surface area contributed by atoms with Crippen molar-refractivity contribution in [2.24, 2.45) is 11.5 Å². The average Bonchev–Trinajstić information content (AvgIpc) is 3.54. The Morgan fingerprint density at radius 1 is 0.809 bits per heavy atom. The summed E-state index contributed by atoms with van der Waals surface area (Å²) >= 11 is 0. The van der Waals surface area contributed by atoms with Crippen LogP contribution in [-0.4, -0.2) is 159 Å². The molecule has 0 aromatic rings. The molecule has 21 heteroatoms. The summed E-state index contributed by atoms with van der Waals surface area (Å²) in [4.78, 5) is 100. The number of nitrogens with two attached hydrogens (primary N) is 2. The van der Waals surface area contributed by atoms with E-state index in [-0.39, 0.29) is 32.1 Å². The maximum Gasteiger partial charge on any atom is 0.245 e. The van der Waals surface area contributed by atoms with Crippen LogP contribution in [0.4, 0.5) is 0 Å². The van der Waals surface area contributed by atoms with Crippen molar-refractivity contribution in [1.82, 2.24) is 31.5 Å². The lowest BCUT2D eigenvalue weighted by Gasteiger charge is -2.30. The summed E-state index contributed by atoms with van der Waals surface area (Å²) in [5.74, 6) is -6.75. The highest BCUT2D eigenvalue weighted by Crippen LogP contribution is 2.20. The van der Waals surface area contributed by atoms with Gasteiger partial charge in [0, 0.05) is 13.0 Å². The summed E-state index contributed by atoms with van der Waals surface area (Å²) in [7, 11) is 0. The fraction of sp³-hybridized carbons (Fsp3) is 0.692. The normalized spacial score (nSPS) is 18.7. The van der Waals surface area contributed by atoms with E-state index in [1.165, 1.54) is 0 Å². The zero-order valence-corrected chi connectivity index (χ0v) is 25.7. The Kier molecular flexibility index (Phi) is 17.4. The van der Waals surface area contributed by atoms with E-state index in [1.54, 1.807) is 0 Å². The highest BCUT2D eigenvalue weighted by Gasteiger charge is 2.40. The van der Waals surface area contributed by atoms with E-state index in [9.17, 15) is 53.7 Å². The second-order valence-electron chi connectivity index (χ2n) is 10.7. The number of primary amides is 1. The highest BCUT2D eigenvalue weighted by atomic mass is 16.3. The Morgan fingerprint density at radius 3 is 1.89 bits per heavy atom. The minimum atomic E-state index is -1.78. The zero-order valence-electron chi connectivity index (χ0n) is 25.7. The molecular weight excluding hydrogens is 632 g/mol. The van der Waals surface area contributed by atoms with E-state index in [2.05, 4.69) is 26.6 Å². The van der Waals surface area contributed by atoms with Crippen LogP contribution in [-0.2, 0) is 38.4 Å². The Labute approximate surface area is 268 Å². The first-order valence-corrected chi connectivity index (χ1v) is 14.6. The molecule has 47 heavy (non-hydrogen) atoms. The van der Waals surface area contributed by atoms with Gasteiger partial charge in [-0.25, -0.2) is 0 Å². The minimum Gasteiger partial charge on any atom is -0.394 e. The molecule has 1 saturated heterocycles. The van der Waals surface area contributed by atoms with Crippen molar-refractivity contribution in [3.05, 3.63) is 0 Å². The summed E-state index contributed by atoms with van der Waals surface area (Å²) in [6.07, 6.45) is -1.52. The number of aliphatic hydroxyl groups is 5. The maximum atomic E-state index is 13.4. The number of hydrogen-bond donors (Lipinski definition) is 12. The quantitative estimate of drug-likeness (QED) is 0.0533. The molecule has 0 radical (unpaired) electrons. The summed E-state index contributed by atoms with van der Waals surface area (Å²) in [5, 5.41) is 58.5. The van der Waals surface area contributed by atoms with Crippen molar-refractivity contribution >= 4 is 47.6 Å². The molecule has 0 spiro atoms. The maximum absolute atomic E-state index is 13.4. The van der Waals surface area contributed by atoms with Crippen molar-refractivity contribution in [2.75, 3.05) is 33.0 Å². The van der Waals surface area contributed by atoms with Gasteiger partial charge in [0.1, 0.15) is 48.6 Å². The molecule has 1 fully saturated rings. The van der Waals surface area contributed by atoms with E-state index >= 15 is 0 Å². The lowest BCUT2D eigenvalue weighted by atomic mass is 10.1. The van der Waals surface area contributed by atoms with Crippen molar-refractivity contribution in [1.29, 1.82) is 0 Å².